The van der Waals surface area contributed by atoms with Crippen LogP contribution in [-0.2, 0) is 33.2 Å². The van der Waals surface area contributed by atoms with Gasteiger partial charge in [0.15, 0.2) is 5.78 Å². The lowest BCUT2D eigenvalue weighted by Crippen LogP contribution is -2.38. The van der Waals surface area contributed by atoms with Gasteiger partial charge in [0.1, 0.15) is 23.9 Å². The fourth-order valence-electron chi connectivity index (χ4n) is 4.93. The second kappa shape index (κ2) is 11.8. The van der Waals surface area contributed by atoms with Crippen LogP contribution in [0.2, 0.25) is 0 Å². The number of amidine groups is 1. The number of nitrogens with zero attached hydrogens (tertiary/aromatic N) is 2. The van der Waals surface area contributed by atoms with Crippen molar-refractivity contribution in [2.75, 3.05) is 43.9 Å². The third kappa shape index (κ3) is 6.27. The Kier molecular flexibility index (Phi) is 9.25. The van der Waals surface area contributed by atoms with Crippen molar-refractivity contribution in [3.05, 3.63) is 52.1 Å². The van der Waals surface area contributed by atoms with Gasteiger partial charge < -0.3 is 19.7 Å². The van der Waals surface area contributed by atoms with Crippen molar-refractivity contribution in [1.82, 2.24) is 10.2 Å². The zero-order valence-corrected chi connectivity index (χ0v) is 26.2. The van der Waals surface area contributed by atoms with Crippen LogP contribution in [0.1, 0.15) is 60.3 Å². The van der Waals surface area contributed by atoms with E-state index in [1.165, 1.54) is 4.31 Å². The van der Waals surface area contributed by atoms with Crippen LogP contribution in [-0.4, -0.2) is 70.5 Å². The molecular formula is C28H37BrN4O6S. The first-order valence-corrected chi connectivity index (χ1v) is 14.7. The first-order valence-electron chi connectivity index (χ1n) is 12.9. The van der Waals surface area contributed by atoms with Gasteiger partial charge in [-0.2, -0.15) is 0 Å². The van der Waals surface area contributed by atoms with Crippen molar-refractivity contribution in [2.24, 2.45) is 0 Å². The topological polar surface area (TPSA) is 129 Å². The molecule has 2 heterocycles. The molecule has 0 aromatic heterocycles. The minimum absolute atomic E-state index is 0. The molecule has 1 amide bonds. The molecule has 0 radical (unpaired) electrons. The van der Waals surface area contributed by atoms with Gasteiger partial charge in [-0.05, 0) is 42.2 Å². The lowest BCUT2D eigenvalue weighted by atomic mass is 9.84. The van der Waals surface area contributed by atoms with Crippen LogP contribution in [0, 0.1) is 5.41 Å². The van der Waals surface area contributed by atoms with Crippen LogP contribution in [0.3, 0.4) is 0 Å². The predicted molar refractivity (Wildman–Crippen MR) is 160 cm³/mol. The smallest absolute Gasteiger partial charge is 0.232 e. The summed E-state index contributed by atoms with van der Waals surface area (Å²) in [6, 6.07) is 6.98. The van der Waals surface area contributed by atoms with Crippen molar-refractivity contribution >= 4 is 50.2 Å². The van der Waals surface area contributed by atoms with E-state index in [1.54, 1.807) is 30.1 Å². The van der Waals surface area contributed by atoms with Gasteiger partial charge in [-0.1, -0.05) is 20.8 Å². The molecule has 0 atom stereocenters. The van der Waals surface area contributed by atoms with E-state index >= 15 is 0 Å². The Morgan fingerprint density at radius 2 is 1.88 bits per heavy atom. The fraction of sp³-hybridized carbons (Fsp3) is 0.464. The Bertz CT molecular complexity index is 1450. The third-order valence-electron chi connectivity index (χ3n) is 6.89. The Morgan fingerprint density at radius 1 is 1.18 bits per heavy atom. The number of ether oxygens (including phenoxy) is 2. The number of Topliss-reactive ketones (excluding diaryl/α,β-unsaturated/α-hetero) is 1. The number of amides is 1. The number of rotatable bonds is 8. The molecule has 2 aliphatic heterocycles. The van der Waals surface area contributed by atoms with E-state index in [2.05, 4.69) is 5.32 Å². The first-order chi connectivity index (χ1) is 18.2. The quantitative estimate of drug-likeness (QED) is 0.425. The molecule has 0 aliphatic carbocycles. The number of hydrogen-bond acceptors (Lipinski definition) is 7. The standard InChI is InChI=1S/C28H36N4O6S.BrH/c1-7-37-24-13-19-15-31(27(29)20(19)10-18(24)14-25(34)30-5)16-23(33)17-11-21(28(2,3)4)26-22(12-17)32(8-9-38-26)39(6,35)36;/h10-13,29H,7-9,14-16H2,1-6H3,(H,30,34);1H. The highest BCUT2D eigenvalue weighted by atomic mass is 79.9. The van der Waals surface area contributed by atoms with E-state index in [0.717, 1.165) is 17.4 Å². The van der Waals surface area contributed by atoms with Gasteiger partial charge in [-0.25, -0.2) is 8.42 Å². The normalized spacial score (nSPS) is 14.6. The molecule has 2 N–H and O–H groups in total. The van der Waals surface area contributed by atoms with Crippen LogP contribution in [0.25, 0.3) is 0 Å². The van der Waals surface area contributed by atoms with Gasteiger partial charge in [-0.3, -0.25) is 19.3 Å². The molecule has 0 unspecified atom stereocenters. The largest absolute Gasteiger partial charge is 0.494 e. The number of carbonyl (C=O) groups excluding carboxylic acids is 2. The fourth-order valence-corrected chi connectivity index (χ4v) is 5.83. The number of fused-ring (bicyclic) bond motifs is 2. The number of nitrogens with one attached hydrogen (secondary N) is 2. The van der Waals surface area contributed by atoms with Crippen LogP contribution >= 0.6 is 17.0 Å². The average molecular weight is 638 g/mol. The minimum atomic E-state index is -3.58. The van der Waals surface area contributed by atoms with Crippen molar-refractivity contribution in [3.8, 4) is 11.5 Å². The number of ketones is 1. The van der Waals surface area contributed by atoms with Gasteiger partial charge in [0.2, 0.25) is 15.9 Å². The maximum atomic E-state index is 13.6. The summed E-state index contributed by atoms with van der Waals surface area (Å²) < 4.78 is 38.0. The first kappa shape index (κ1) is 31.4. The highest BCUT2D eigenvalue weighted by Gasteiger charge is 2.33. The Labute approximate surface area is 246 Å². The molecule has 10 nitrogen and oxygen atoms in total. The zero-order chi connectivity index (χ0) is 28.7. The highest BCUT2D eigenvalue weighted by molar-refractivity contribution is 8.93. The van der Waals surface area contributed by atoms with E-state index in [1.807, 2.05) is 33.8 Å². The summed E-state index contributed by atoms with van der Waals surface area (Å²) in [5.74, 6) is 0.849. The highest BCUT2D eigenvalue weighted by Crippen LogP contribution is 2.43. The van der Waals surface area contributed by atoms with Gasteiger partial charge in [0, 0.05) is 35.8 Å². The maximum Gasteiger partial charge on any atom is 0.232 e. The van der Waals surface area contributed by atoms with Crippen molar-refractivity contribution in [1.29, 1.82) is 5.41 Å². The molecule has 0 fully saturated rings. The number of anilines is 1. The number of benzene rings is 2. The SMILES string of the molecule is Br.CCOc1cc2c(cc1CC(=O)NC)C(=N)N(CC(=O)c1cc3c(c(C(C)(C)C)c1)OCCN3S(C)(=O)=O)C2. The van der Waals surface area contributed by atoms with Crippen molar-refractivity contribution in [2.45, 2.75) is 46.1 Å². The minimum Gasteiger partial charge on any atom is -0.494 e. The predicted octanol–water partition coefficient (Wildman–Crippen LogP) is 3.43. The molecule has 0 bridgehead atoms. The molecule has 2 aromatic carbocycles. The molecule has 0 saturated carbocycles. The van der Waals surface area contributed by atoms with Crippen LogP contribution in [0.4, 0.5) is 5.69 Å². The number of sulfonamides is 1. The summed E-state index contributed by atoms with van der Waals surface area (Å²) in [5.41, 5.74) is 3.23. The van der Waals surface area contributed by atoms with E-state index in [9.17, 15) is 18.0 Å². The summed E-state index contributed by atoms with van der Waals surface area (Å²) in [6.07, 6.45) is 1.26. The molecule has 12 heteroatoms. The van der Waals surface area contributed by atoms with E-state index in [4.69, 9.17) is 14.9 Å². The Balaban J connectivity index is 0.00000441. The summed E-state index contributed by atoms with van der Waals surface area (Å²) in [4.78, 5) is 27.3. The van der Waals surface area contributed by atoms with Crippen LogP contribution < -0.4 is 19.1 Å². The second-order valence-electron chi connectivity index (χ2n) is 10.8. The molecule has 2 aromatic rings. The number of hydrogen-bond donors (Lipinski definition) is 2. The number of carbonyl (C=O) groups is 2. The molecular weight excluding hydrogens is 600 g/mol. The summed E-state index contributed by atoms with van der Waals surface area (Å²) in [6.45, 7) is 8.92. The van der Waals surface area contributed by atoms with Crippen LogP contribution in [0.15, 0.2) is 24.3 Å². The number of likely N-dealkylation sites (N-methyl/N-ethyl adjacent to an activating group) is 1. The summed E-state index contributed by atoms with van der Waals surface area (Å²) in [7, 11) is -2.01. The monoisotopic (exact) mass is 636 g/mol. The Hall–Kier alpha value is -3.12. The van der Waals surface area contributed by atoms with Crippen molar-refractivity contribution < 1.29 is 27.5 Å². The van der Waals surface area contributed by atoms with Gasteiger partial charge in [0.25, 0.3) is 0 Å². The maximum absolute atomic E-state index is 13.6. The van der Waals surface area contributed by atoms with E-state index in [-0.39, 0.29) is 60.6 Å². The molecule has 2 aliphatic rings. The summed E-state index contributed by atoms with van der Waals surface area (Å²) >= 11 is 0. The van der Waals surface area contributed by atoms with Gasteiger partial charge in [-0.15, -0.1) is 17.0 Å². The Morgan fingerprint density at radius 3 is 2.48 bits per heavy atom. The van der Waals surface area contributed by atoms with E-state index in [0.29, 0.717) is 47.0 Å². The third-order valence-corrected chi connectivity index (χ3v) is 8.07. The second-order valence-corrected chi connectivity index (χ2v) is 12.7. The van der Waals surface area contributed by atoms with E-state index < -0.39 is 15.4 Å². The summed E-state index contributed by atoms with van der Waals surface area (Å²) in [5, 5.41) is 11.4. The lowest BCUT2D eigenvalue weighted by molar-refractivity contribution is -0.119. The molecule has 0 spiro atoms. The van der Waals surface area contributed by atoms with Crippen LogP contribution in [0.5, 0.6) is 11.5 Å². The average Bonchev–Trinajstić information content (AvgIpc) is 3.15. The molecule has 40 heavy (non-hydrogen) atoms. The zero-order valence-electron chi connectivity index (χ0n) is 23.7. The number of halogens is 1. The van der Waals surface area contributed by atoms with Crippen molar-refractivity contribution in [3.63, 3.8) is 0 Å². The van der Waals surface area contributed by atoms with Gasteiger partial charge in [0.05, 0.1) is 38.1 Å². The van der Waals surface area contributed by atoms with Gasteiger partial charge >= 0.3 is 0 Å². The lowest BCUT2D eigenvalue weighted by Gasteiger charge is -2.34. The molecule has 0 saturated heterocycles. The molecule has 4 rings (SSSR count). The molecule has 218 valence electrons.